The minimum Gasteiger partial charge on any atom is -0.469 e. The first-order chi connectivity index (χ1) is 6.22. The maximum absolute atomic E-state index is 10.7. The van der Waals surface area contributed by atoms with Crippen molar-refractivity contribution in [2.75, 3.05) is 7.11 Å². The van der Waals surface area contributed by atoms with Crippen LogP contribution in [0.25, 0.3) is 6.08 Å². The van der Waals surface area contributed by atoms with Crippen LogP contribution in [0.3, 0.4) is 0 Å². The molecular weight excluding hydrogens is 184 g/mol. The molecule has 0 spiro atoms. The fourth-order valence-electron chi connectivity index (χ4n) is 0.926. The molecule has 3 heteroatoms. The van der Waals surface area contributed by atoms with Crippen LogP contribution < -0.4 is 0 Å². The summed E-state index contributed by atoms with van der Waals surface area (Å²) in [6.45, 7) is 2.06. The van der Waals surface area contributed by atoms with Crippen LogP contribution in [0.5, 0.6) is 0 Å². The van der Waals surface area contributed by atoms with Crippen molar-refractivity contribution in [3.8, 4) is 0 Å². The van der Waals surface area contributed by atoms with Crippen LogP contribution in [0, 0.1) is 6.92 Å². The molecule has 70 valence electrons. The van der Waals surface area contributed by atoms with E-state index < -0.39 is 0 Å². The zero-order chi connectivity index (χ0) is 9.68. The SMILES string of the molecule is COC(=O)CC=Cc1csc(C)c1. The van der Waals surface area contributed by atoms with Crippen molar-refractivity contribution in [3.63, 3.8) is 0 Å². The standard InChI is InChI=1S/C10H12O2S/c1-8-6-9(7-13-8)4-3-5-10(11)12-2/h3-4,6-7H,5H2,1-2H3. The Hall–Kier alpha value is -1.09. The molecule has 0 aliphatic rings. The molecule has 0 radical (unpaired) electrons. The maximum Gasteiger partial charge on any atom is 0.309 e. The molecule has 0 aromatic carbocycles. The minimum absolute atomic E-state index is 0.205. The molecule has 1 aromatic rings. The summed E-state index contributed by atoms with van der Waals surface area (Å²) in [5.41, 5.74) is 1.14. The molecule has 1 heterocycles. The van der Waals surface area contributed by atoms with Crippen molar-refractivity contribution in [3.05, 3.63) is 28.0 Å². The quantitative estimate of drug-likeness (QED) is 0.695. The molecule has 0 saturated heterocycles. The second-order valence-corrected chi connectivity index (χ2v) is 3.79. The van der Waals surface area contributed by atoms with Crippen molar-refractivity contribution in [2.24, 2.45) is 0 Å². The summed E-state index contributed by atoms with van der Waals surface area (Å²) in [5.74, 6) is -0.205. The lowest BCUT2D eigenvalue weighted by molar-refractivity contribution is -0.139. The zero-order valence-corrected chi connectivity index (χ0v) is 8.56. The third-order valence-corrected chi connectivity index (χ3v) is 2.45. The fraction of sp³-hybridized carbons (Fsp3) is 0.300. The van der Waals surface area contributed by atoms with Gasteiger partial charge < -0.3 is 4.74 Å². The number of carbonyl (C=O) groups excluding carboxylic acids is 1. The number of methoxy groups -OCH3 is 1. The molecule has 0 bridgehead atoms. The molecule has 0 aliphatic heterocycles. The molecule has 0 fully saturated rings. The largest absolute Gasteiger partial charge is 0.469 e. The van der Waals surface area contributed by atoms with Gasteiger partial charge >= 0.3 is 5.97 Å². The Balaban J connectivity index is 2.45. The molecule has 1 rings (SSSR count). The summed E-state index contributed by atoms with van der Waals surface area (Å²) in [7, 11) is 1.39. The molecule has 0 saturated carbocycles. The van der Waals surface area contributed by atoms with Gasteiger partial charge in [0, 0.05) is 4.88 Å². The third kappa shape index (κ3) is 3.42. The van der Waals surface area contributed by atoms with Crippen LogP contribution in [0.15, 0.2) is 17.5 Å². The predicted molar refractivity (Wildman–Crippen MR) is 54.7 cm³/mol. The average Bonchev–Trinajstić information content (AvgIpc) is 2.51. The number of rotatable bonds is 3. The normalized spacial score (nSPS) is 10.6. The molecule has 0 amide bonds. The number of ether oxygens (including phenoxy) is 1. The Morgan fingerprint density at radius 1 is 1.69 bits per heavy atom. The number of hydrogen-bond donors (Lipinski definition) is 0. The van der Waals surface area contributed by atoms with Gasteiger partial charge in [0.2, 0.25) is 0 Å². The van der Waals surface area contributed by atoms with Gasteiger partial charge in [-0.2, -0.15) is 0 Å². The molecule has 13 heavy (non-hydrogen) atoms. The van der Waals surface area contributed by atoms with E-state index >= 15 is 0 Å². The summed E-state index contributed by atoms with van der Waals surface area (Å²) in [4.78, 5) is 12.0. The third-order valence-electron chi connectivity index (χ3n) is 1.57. The van der Waals surface area contributed by atoms with Crippen LogP contribution >= 0.6 is 11.3 Å². The van der Waals surface area contributed by atoms with Crippen LogP contribution in [-0.2, 0) is 9.53 Å². The highest BCUT2D eigenvalue weighted by Crippen LogP contribution is 2.14. The van der Waals surface area contributed by atoms with Gasteiger partial charge in [0.15, 0.2) is 0 Å². The van der Waals surface area contributed by atoms with Crippen LogP contribution in [0.1, 0.15) is 16.9 Å². The van der Waals surface area contributed by atoms with Crippen LogP contribution in [0.4, 0.5) is 0 Å². The smallest absolute Gasteiger partial charge is 0.309 e. The van der Waals surface area contributed by atoms with E-state index in [4.69, 9.17) is 0 Å². The van der Waals surface area contributed by atoms with Crippen molar-refractivity contribution < 1.29 is 9.53 Å². The number of thiophene rings is 1. The second-order valence-electron chi connectivity index (χ2n) is 2.67. The number of hydrogen-bond acceptors (Lipinski definition) is 3. The summed E-state index contributed by atoms with van der Waals surface area (Å²) >= 11 is 1.70. The molecule has 0 unspecified atom stereocenters. The summed E-state index contributed by atoms with van der Waals surface area (Å²) in [6.07, 6.45) is 4.08. The van der Waals surface area contributed by atoms with E-state index in [2.05, 4.69) is 23.1 Å². The first-order valence-electron chi connectivity index (χ1n) is 4.01. The zero-order valence-electron chi connectivity index (χ0n) is 7.74. The molecule has 0 aliphatic carbocycles. The number of aryl methyl sites for hydroxylation is 1. The molecule has 0 atom stereocenters. The van der Waals surface area contributed by atoms with E-state index in [1.54, 1.807) is 11.3 Å². The van der Waals surface area contributed by atoms with E-state index in [0.29, 0.717) is 6.42 Å². The van der Waals surface area contributed by atoms with Gasteiger partial charge in [0.25, 0.3) is 0 Å². The minimum atomic E-state index is -0.205. The molecule has 0 N–H and O–H groups in total. The summed E-state index contributed by atoms with van der Waals surface area (Å²) in [5, 5.41) is 2.06. The second kappa shape index (κ2) is 4.82. The van der Waals surface area contributed by atoms with E-state index in [1.165, 1.54) is 12.0 Å². The summed E-state index contributed by atoms with van der Waals surface area (Å²) in [6, 6.07) is 2.08. The lowest BCUT2D eigenvalue weighted by Crippen LogP contribution is -1.96. The van der Waals surface area contributed by atoms with Gasteiger partial charge in [-0.25, -0.2) is 0 Å². The predicted octanol–water partition coefficient (Wildman–Crippen LogP) is 2.63. The van der Waals surface area contributed by atoms with E-state index in [0.717, 1.165) is 5.56 Å². The van der Waals surface area contributed by atoms with Gasteiger partial charge in [-0.3, -0.25) is 4.79 Å². The van der Waals surface area contributed by atoms with Crippen molar-refractivity contribution in [1.29, 1.82) is 0 Å². The topological polar surface area (TPSA) is 26.3 Å². The van der Waals surface area contributed by atoms with E-state index in [9.17, 15) is 4.79 Å². The maximum atomic E-state index is 10.7. The van der Waals surface area contributed by atoms with Crippen molar-refractivity contribution in [2.45, 2.75) is 13.3 Å². The summed E-state index contributed by atoms with van der Waals surface area (Å²) < 4.78 is 4.51. The Morgan fingerprint density at radius 2 is 2.46 bits per heavy atom. The Bertz CT molecular complexity index is 312. The average molecular weight is 196 g/mol. The number of esters is 1. The van der Waals surface area contributed by atoms with E-state index in [-0.39, 0.29) is 5.97 Å². The fourth-order valence-corrected chi connectivity index (χ4v) is 1.60. The van der Waals surface area contributed by atoms with E-state index in [1.807, 2.05) is 12.2 Å². The first kappa shape index (κ1) is 9.99. The van der Waals surface area contributed by atoms with Gasteiger partial charge in [-0.05, 0) is 23.9 Å². The Labute approximate surface area is 81.8 Å². The lowest BCUT2D eigenvalue weighted by atomic mass is 10.2. The van der Waals surface area contributed by atoms with Gasteiger partial charge in [0.1, 0.15) is 0 Å². The highest BCUT2D eigenvalue weighted by atomic mass is 32.1. The molecule has 1 aromatic heterocycles. The molecular formula is C10H12O2S. The Kier molecular flexibility index (Phi) is 3.71. The highest BCUT2D eigenvalue weighted by molar-refractivity contribution is 7.10. The number of carbonyl (C=O) groups is 1. The van der Waals surface area contributed by atoms with Gasteiger partial charge in [0.05, 0.1) is 13.5 Å². The monoisotopic (exact) mass is 196 g/mol. The molecule has 2 nitrogen and oxygen atoms in total. The lowest BCUT2D eigenvalue weighted by Gasteiger charge is -1.91. The van der Waals surface area contributed by atoms with Crippen molar-refractivity contribution >= 4 is 23.4 Å². The Morgan fingerprint density at radius 3 is 3.00 bits per heavy atom. The van der Waals surface area contributed by atoms with Gasteiger partial charge in [-0.15, -0.1) is 11.3 Å². The first-order valence-corrected chi connectivity index (χ1v) is 4.89. The van der Waals surface area contributed by atoms with Gasteiger partial charge in [-0.1, -0.05) is 12.2 Å². The van der Waals surface area contributed by atoms with Crippen LogP contribution in [-0.4, -0.2) is 13.1 Å². The van der Waals surface area contributed by atoms with Crippen molar-refractivity contribution in [1.82, 2.24) is 0 Å². The highest BCUT2D eigenvalue weighted by Gasteiger charge is 1.94. The van der Waals surface area contributed by atoms with Crippen LogP contribution in [0.2, 0.25) is 0 Å².